The fourth-order valence-electron chi connectivity index (χ4n) is 5.47. The van der Waals surface area contributed by atoms with Gasteiger partial charge in [0.25, 0.3) is 0 Å². The molecular formula is C28H31N5O3S. The van der Waals surface area contributed by atoms with Crippen molar-refractivity contribution >= 4 is 26.7 Å². The van der Waals surface area contributed by atoms with Gasteiger partial charge in [-0.15, -0.1) is 0 Å². The summed E-state index contributed by atoms with van der Waals surface area (Å²) < 4.78 is 31.8. The molecule has 1 aliphatic heterocycles. The molecule has 6 rings (SSSR count). The minimum absolute atomic E-state index is 0.277. The van der Waals surface area contributed by atoms with E-state index < -0.39 is 9.84 Å². The van der Waals surface area contributed by atoms with Crippen molar-refractivity contribution < 1.29 is 13.2 Å². The van der Waals surface area contributed by atoms with Gasteiger partial charge >= 0.3 is 0 Å². The number of aromatic nitrogens is 3. The summed E-state index contributed by atoms with van der Waals surface area (Å²) in [5.74, 6) is 2.38. The fourth-order valence-corrected chi connectivity index (χ4v) is 6.75. The van der Waals surface area contributed by atoms with Crippen LogP contribution in [0.25, 0.3) is 22.2 Å². The third-order valence-corrected chi connectivity index (χ3v) is 9.20. The van der Waals surface area contributed by atoms with Crippen molar-refractivity contribution in [3.05, 3.63) is 72.7 Å². The number of benzene rings is 2. The van der Waals surface area contributed by atoms with E-state index in [1.807, 2.05) is 36.4 Å². The van der Waals surface area contributed by atoms with Crippen LogP contribution in [0.15, 0.2) is 67.1 Å². The number of rotatable bonds is 7. The minimum Gasteiger partial charge on any atom is -0.489 e. The quantitative estimate of drug-likeness (QED) is 0.396. The van der Waals surface area contributed by atoms with Crippen molar-refractivity contribution in [2.45, 2.75) is 25.5 Å². The largest absolute Gasteiger partial charge is 0.489 e. The molecule has 1 saturated heterocycles. The molecule has 4 aromatic rings. The Labute approximate surface area is 217 Å². The van der Waals surface area contributed by atoms with Crippen molar-refractivity contribution in [3.8, 4) is 16.9 Å². The molecule has 2 fully saturated rings. The molecule has 3 heterocycles. The second kappa shape index (κ2) is 9.79. The molecule has 1 aliphatic carbocycles. The van der Waals surface area contributed by atoms with Crippen molar-refractivity contribution in [2.75, 3.05) is 36.9 Å². The summed E-state index contributed by atoms with van der Waals surface area (Å²) in [6.45, 7) is 2.75. The molecular weight excluding hydrogens is 486 g/mol. The summed E-state index contributed by atoms with van der Waals surface area (Å²) >= 11 is 0. The van der Waals surface area contributed by atoms with Crippen molar-refractivity contribution in [1.82, 2.24) is 19.4 Å². The standard InChI is InChI=1S/C28H31N5O3S/c29-27-26-25(22-7-4-8-24(15-22)36-18-20-5-2-1-3-6-20)17-33(28(26)31-19-30-27)23-13-21(14-23)16-32-9-11-37(34,35)12-10-32/h1-8,15,17,19,21,23H,9-14,16,18H2,(H2,29,30,31)/t21-,23+. The van der Waals surface area contributed by atoms with Gasteiger partial charge in [-0.25, -0.2) is 18.4 Å². The van der Waals surface area contributed by atoms with Crippen LogP contribution in [0.2, 0.25) is 0 Å². The van der Waals surface area contributed by atoms with Crippen LogP contribution in [0, 0.1) is 5.92 Å². The molecule has 37 heavy (non-hydrogen) atoms. The van der Waals surface area contributed by atoms with Crippen LogP contribution in [-0.4, -0.2) is 59.0 Å². The number of anilines is 1. The zero-order valence-electron chi connectivity index (χ0n) is 20.7. The van der Waals surface area contributed by atoms with E-state index in [0.717, 1.165) is 52.9 Å². The van der Waals surface area contributed by atoms with Crippen LogP contribution in [0.4, 0.5) is 5.82 Å². The monoisotopic (exact) mass is 517 g/mol. The van der Waals surface area contributed by atoms with Gasteiger partial charge in [0, 0.05) is 37.4 Å². The van der Waals surface area contributed by atoms with Crippen LogP contribution in [0.5, 0.6) is 5.75 Å². The molecule has 2 aliphatic rings. The zero-order valence-corrected chi connectivity index (χ0v) is 21.5. The van der Waals surface area contributed by atoms with Gasteiger partial charge in [-0.1, -0.05) is 42.5 Å². The summed E-state index contributed by atoms with van der Waals surface area (Å²) in [4.78, 5) is 11.2. The van der Waals surface area contributed by atoms with Gasteiger partial charge < -0.3 is 19.9 Å². The second-order valence-corrected chi connectivity index (χ2v) is 12.5. The van der Waals surface area contributed by atoms with Crippen molar-refractivity contribution in [1.29, 1.82) is 0 Å². The van der Waals surface area contributed by atoms with Crippen LogP contribution >= 0.6 is 0 Å². The molecule has 1 saturated carbocycles. The highest BCUT2D eigenvalue weighted by Gasteiger charge is 2.34. The van der Waals surface area contributed by atoms with E-state index in [4.69, 9.17) is 10.5 Å². The first kappa shape index (κ1) is 23.9. The molecule has 0 bridgehead atoms. The maximum absolute atomic E-state index is 11.7. The normalized spacial score (nSPS) is 21.5. The van der Waals surface area contributed by atoms with E-state index >= 15 is 0 Å². The Bertz CT molecular complexity index is 1500. The fraction of sp³-hybridized carbons (Fsp3) is 0.357. The number of nitrogens with two attached hydrogens (primary N) is 1. The summed E-state index contributed by atoms with van der Waals surface area (Å²) in [6, 6.07) is 18.5. The molecule has 9 heteroatoms. The van der Waals surface area contributed by atoms with Gasteiger partial charge in [0.05, 0.1) is 16.9 Å². The summed E-state index contributed by atoms with van der Waals surface area (Å²) in [5.41, 5.74) is 10.4. The van der Waals surface area contributed by atoms with Gasteiger partial charge in [0.15, 0.2) is 9.84 Å². The highest BCUT2D eigenvalue weighted by molar-refractivity contribution is 7.91. The molecule has 0 unspecified atom stereocenters. The average molecular weight is 518 g/mol. The van der Waals surface area contributed by atoms with Gasteiger partial charge in [0.1, 0.15) is 30.1 Å². The SMILES string of the molecule is Nc1ncnc2c1c(-c1cccc(OCc3ccccc3)c1)cn2[C@H]1C[C@@H](CN2CCS(=O)(=O)CC2)C1. The number of fused-ring (bicyclic) bond motifs is 1. The molecule has 0 spiro atoms. The minimum atomic E-state index is -2.85. The predicted octanol–water partition coefficient (Wildman–Crippen LogP) is 3.94. The number of hydrogen-bond donors (Lipinski definition) is 1. The number of hydrogen-bond acceptors (Lipinski definition) is 7. The van der Waals surface area contributed by atoms with Crippen molar-refractivity contribution in [2.24, 2.45) is 5.92 Å². The van der Waals surface area contributed by atoms with E-state index in [1.165, 1.54) is 6.33 Å². The third kappa shape index (κ3) is 5.06. The molecule has 0 radical (unpaired) electrons. The summed E-state index contributed by atoms with van der Waals surface area (Å²) in [5, 5.41) is 0.868. The van der Waals surface area contributed by atoms with Gasteiger partial charge in [-0.2, -0.15) is 0 Å². The van der Waals surface area contributed by atoms with Crippen LogP contribution in [-0.2, 0) is 16.4 Å². The van der Waals surface area contributed by atoms with Crippen LogP contribution < -0.4 is 10.5 Å². The van der Waals surface area contributed by atoms with Gasteiger partial charge in [-0.05, 0) is 42.0 Å². The van der Waals surface area contributed by atoms with Crippen LogP contribution in [0.1, 0.15) is 24.4 Å². The van der Waals surface area contributed by atoms with E-state index in [-0.39, 0.29) is 11.5 Å². The third-order valence-electron chi connectivity index (χ3n) is 7.59. The topological polar surface area (TPSA) is 103 Å². The smallest absolute Gasteiger partial charge is 0.152 e. The first-order valence-corrected chi connectivity index (χ1v) is 14.6. The van der Waals surface area contributed by atoms with E-state index in [9.17, 15) is 8.42 Å². The van der Waals surface area contributed by atoms with E-state index in [2.05, 4.69) is 43.8 Å². The second-order valence-electron chi connectivity index (χ2n) is 10.2. The molecule has 2 aromatic heterocycles. The Balaban J connectivity index is 1.20. The van der Waals surface area contributed by atoms with E-state index in [1.54, 1.807) is 0 Å². The lowest BCUT2D eigenvalue weighted by molar-refractivity contribution is 0.136. The van der Waals surface area contributed by atoms with Gasteiger partial charge in [0.2, 0.25) is 0 Å². The molecule has 0 amide bonds. The van der Waals surface area contributed by atoms with Crippen molar-refractivity contribution in [3.63, 3.8) is 0 Å². The molecule has 2 N–H and O–H groups in total. The Morgan fingerprint density at radius 1 is 1.00 bits per heavy atom. The predicted molar refractivity (Wildman–Crippen MR) is 145 cm³/mol. The highest BCUT2D eigenvalue weighted by Crippen LogP contribution is 2.43. The highest BCUT2D eigenvalue weighted by atomic mass is 32.2. The number of nitrogens with zero attached hydrogens (tertiary/aromatic N) is 4. The Morgan fingerprint density at radius 2 is 1.78 bits per heavy atom. The molecule has 8 nitrogen and oxygen atoms in total. The molecule has 0 atom stereocenters. The first-order chi connectivity index (χ1) is 17.9. The van der Waals surface area contributed by atoms with Gasteiger partial charge in [-0.3, -0.25) is 0 Å². The molecule has 2 aromatic carbocycles. The summed E-state index contributed by atoms with van der Waals surface area (Å²) in [6.07, 6.45) is 5.76. The lowest BCUT2D eigenvalue weighted by Gasteiger charge is -2.40. The Hall–Kier alpha value is -3.43. The summed E-state index contributed by atoms with van der Waals surface area (Å²) in [7, 11) is -2.85. The average Bonchev–Trinajstić information content (AvgIpc) is 3.27. The number of ether oxygens (including phenoxy) is 1. The van der Waals surface area contributed by atoms with Crippen LogP contribution in [0.3, 0.4) is 0 Å². The zero-order chi connectivity index (χ0) is 25.4. The Kier molecular flexibility index (Phi) is 6.34. The van der Waals surface area contributed by atoms with E-state index in [0.29, 0.717) is 37.5 Å². The number of sulfone groups is 1. The molecule has 192 valence electrons. The maximum atomic E-state index is 11.7. The number of nitrogen functional groups attached to an aromatic ring is 1. The maximum Gasteiger partial charge on any atom is 0.152 e. The lowest BCUT2D eigenvalue weighted by Crippen LogP contribution is -2.44. The lowest BCUT2D eigenvalue weighted by atomic mass is 9.79. The first-order valence-electron chi connectivity index (χ1n) is 12.8. The Morgan fingerprint density at radius 3 is 2.57 bits per heavy atom.